The van der Waals surface area contributed by atoms with E-state index in [2.05, 4.69) is 19.3 Å². The molecule has 2 bridgehead atoms. The van der Waals surface area contributed by atoms with Crippen molar-refractivity contribution in [3.8, 4) is 0 Å². The Morgan fingerprint density at radius 3 is 2.17 bits per heavy atom. The van der Waals surface area contributed by atoms with E-state index in [1.54, 1.807) is 0 Å². The maximum atomic E-state index is 3.53. The van der Waals surface area contributed by atoms with E-state index in [0.717, 1.165) is 23.8 Å². The number of hydrogen-bond acceptors (Lipinski definition) is 1. The van der Waals surface area contributed by atoms with Crippen LogP contribution in [0.3, 0.4) is 0 Å². The quantitative estimate of drug-likeness (QED) is 0.632. The lowest BCUT2D eigenvalue weighted by Crippen LogP contribution is -2.47. The molecule has 70 valence electrons. The molecule has 2 rings (SSSR count). The first-order valence-electron chi connectivity index (χ1n) is 5.48. The standard InChI is InChI=1S/C11H21N/c1-8-6-9-4-3-5-10(7-8)11(9)12-2/h8-12H,3-7H2,1-2H3. The van der Waals surface area contributed by atoms with Gasteiger partial charge >= 0.3 is 0 Å². The van der Waals surface area contributed by atoms with Crippen LogP contribution < -0.4 is 5.32 Å². The molecule has 0 aromatic rings. The summed E-state index contributed by atoms with van der Waals surface area (Å²) in [6, 6.07) is 0.856. The van der Waals surface area contributed by atoms with Crippen LogP contribution in [-0.4, -0.2) is 13.1 Å². The maximum absolute atomic E-state index is 3.53. The minimum atomic E-state index is 0.856. The normalized spacial score (nSPS) is 47.5. The Balaban J connectivity index is 2.06. The summed E-state index contributed by atoms with van der Waals surface area (Å²) in [7, 11) is 2.14. The Kier molecular flexibility index (Phi) is 2.40. The van der Waals surface area contributed by atoms with Crippen molar-refractivity contribution in [1.82, 2.24) is 5.32 Å². The summed E-state index contributed by atoms with van der Waals surface area (Å²) in [5.41, 5.74) is 0. The van der Waals surface area contributed by atoms with Crippen molar-refractivity contribution in [1.29, 1.82) is 0 Å². The smallest absolute Gasteiger partial charge is 0.0121 e. The third-order valence-corrected chi connectivity index (χ3v) is 3.91. The average molecular weight is 167 g/mol. The van der Waals surface area contributed by atoms with E-state index in [9.17, 15) is 0 Å². The Morgan fingerprint density at radius 2 is 1.67 bits per heavy atom. The van der Waals surface area contributed by atoms with Crippen LogP contribution in [0, 0.1) is 17.8 Å². The van der Waals surface area contributed by atoms with E-state index < -0.39 is 0 Å². The molecule has 2 aliphatic carbocycles. The second kappa shape index (κ2) is 3.37. The van der Waals surface area contributed by atoms with Crippen molar-refractivity contribution < 1.29 is 0 Å². The second-order valence-electron chi connectivity index (χ2n) is 4.84. The van der Waals surface area contributed by atoms with Gasteiger partial charge in [0.25, 0.3) is 0 Å². The van der Waals surface area contributed by atoms with Gasteiger partial charge in [-0.15, -0.1) is 0 Å². The summed E-state index contributed by atoms with van der Waals surface area (Å²) >= 11 is 0. The summed E-state index contributed by atoms with van der Waals surface area (Å²) in [5, 5.41) is 3.53. The molecule has 12 heavy (non-hydrogen) atoms. The van der Waals surface area contributed by atoms with E-state index in [1.165, 1.54) is 32.1 Å². The van der Waals surface area contributed by atoms with E-state index in [4.69, 9.17) is 0 Å². The van der Waals surface area contributed by atoms with Crippen molar-refractivity contribution in [2.75, 3.05) is 7.05 Å². The van der Waals surface area contributed by atoms with Gasteiger partial charge in [0, 0.05) is 6.04 Å². The molecule has 2 unspecified atom stereocenters. The molecule has 0 aromatic heterocycles. The fourth-order valence-electron chi connectivity index (χ4n) is 3.52. The van der Waals surface area contributed by atoms with Gasteiger partial charge in [0.05, 0.1) is 0 Å². The van der Waals surface area contributed by atoms with Crippen molar-refractivity contribution in [2.24, 2.45) is 17.8 Å². The topological polar surface area (TPSA) is 12.0 Å². The first-order valence-corrected chi connectivity index (χ1v) is 5.48. The molecule has 2 saturated carbocycles. The molecule has 0 aromatic carbocycles. The van der Waals surface area contributed by atoms with Crippen LogP contribution in [0.25, 0.3) is 0 Å². The predicted octanol–water partition coefficient (Wildman–Crippen LogP) is 2.42. The van der Waals surface area contributed by atoms with Gasteiger partial charge in [-0.1, -0.05) is 13.3 Å². The third kappa shape index (κ3) is 1.39. The fraction of sp³-hybridized carbons (Fsp3) is 1.00. The van der Waals surface area contributed by atoms with Gasteiger partial charge in [0.1, 0.15) is 0 Å². The molecule has 1 nitrogen and oxygen atoms in total. The van der Waals surface area contributed by atoms with E-state index in [-0.39, 0.29) is 0 Å². The Bertz CT molecular complexity index is 141. The molecule has 0 aliphatic heterocycles. The van der Waals surface area contributed by atoms with Gasteiger partial charge in [0.2, 0.25) is 0 Å². The SMILES string of the molecule is CNC1C2CCCC1CC(C)C2. The van der Waals surface area contributed by atoms with Crippen LogP contribution >= 0.6 is 0 Å². The predicted molar refractivity (Wildman–Crippen MR) is 52.1 cm³/mol. The second-order valence-corrected chi connectivity index (χ2v) is 4.84. The van der Waals surface area contributed by atoms with Crippen LogP contribution in [0.4, 0.5) is 0 Å². The van der Waals surface area contributed by atoms with Crippen LogP contribution in [0.15, 0.2) is 0 Å². The lowest BCUT2D eigenvalue weighted by atomic mass is 9.65. The molecule has 0 saturated heterocycles. The molecule has 1 N–H and O–H groups in total. The lowest BCUT2D eigenvalue weighted by molar-refractivity contribution is 0.0953. The zero-order chi connectivity index (χ0) is 8.55. The highest BCUT2D eigenvalue weighted by atomic mass is 14.9. The molecule has 2 fully saturated rings. The van der Waals surface area contributed by atoms with Gasteiger partial charge in [0.15, 0.2) is 0 Å². The van der Waals surface area contributed by atoms with Gasteiger partial charge in [-0.25, -0.2) is 0 Å². The number of hydrogen-bond donors (Lipinski definition) is 1. The van der Waals surface area contributed by atoms with Gasteiger partial charge in [-0.05, 0) is 50.5 Å². The summed E-state index contributed by atoms with van der Waals surface area (Å²) in [4.78, 5) is 0. The minimum absolute atomic E-state index is 0.856. The van der Waals surface area contributed by atoms with Crippen molar-refractivity contribution in [3.05, 3.63) is 0 Å². The van der Waals surface area contributed by atoms with Crippen molar-refractivity contribution >= 4 is 0 Å². The lowest BCUT2D eigenvalue weighted by Gasteiger charge is -2.45. The summed E-state index contributed by atoms with van der Waals surface area (Å²) < 4.78 is 0. The third-order valence-electron chi connectivity index (χ3n) is 3.91. The minimum Gasteiger partial charge on any atom is -0.316 e. The van der Waals surface area contributed by atoms with Crippen LogP contribution in [-0.2, 0) is 0 Å². The molecular weight excluding hydrogens is 146 g/mol. The Hall–Kier alpha value is -0.0400. The summed E-state index contributed by atoms with van der Waals surface area (Å²) in [6.07, 6.45) is 7.39. The number of rotatable bonds is 1. The number of fused-ring (bicyclic) bond motifs is 2. The molecule has 0 radical (unpaired) electrons. The molecule has 2 atom stereocenters. The Labute approximate surface area is 75.9 Å². The average Bonchev–Trinajstić information content (AvgIpc) is 2.02. The zero-order valence-corrected chi connectivity index (χ0v) is 8.34. The highest BCUT2D eigenvalue weighted by molar-refractivity contribution is 4.92. The van der Waals surface area contributed by atoms with Gasteiger partial charge < -0.3 is 5.32 Å². The Morgan fingerprint density at radius 1 is 1.08 bits per heavy atom. The largest absolute Gasteiger partial charge is 0.316 e. The highest BCUT2D eigenvalue weighted by Gasteiger charge is 2.37. The molecule has 0 heterocycles. The monoisotopic (exact) mass is 167 g/mol. The van der Waals surface area contributed by atoms with Crippen LogP contribution in [0.1, 0.15) is 39.0 Å². The molecular formula is C11H21N. The van der Waals surface area contributed by atoms with E-state index in [0.29, 0.717) is 0 Å². The van der Waals surface area contributed by atoms with E-state index >= 15 is 0 Å². The molecule has 1 heteroatoms. The summed E-state index contributed by atoms with van der Waals surface area (Å²) in [5.74, 6) is 2.99. The molecule has 0 amide bonds. The van der Waals surface area contributed by atoms with Crippen molar-refractivity contribution in [2.45, 2.75) is 45.1 Å². The van der Waals surface area contributed by atoms with E-state index in [1.807, 2.05) is 0 Å². The number of nitrogens with one attached hydrogen (secondary N) is 1. The van der Waals surface area contributed by atoms with Crippen LogP contribution in [0.2, 0.25) is 0 Å². The first kappa shape index (κ1) is 8.55. The summed E-state index contributed by atoms with van der Waals surface area (Å²) in [6.45, 7) is 2.43. The van der Waals surface area contributed by atoms with Crippen LogP contribution in [0.5, 0.6) is 0 Å². The van der Waals surface area contributed by atoms with Gasteiger partial charge in [-0.2, -0.15) is 0 Å². The molecule has 0 spiro atoms. The first-order chi connectivity index (χ1) is 5.81. The highest BCUT2D eigenvalue weighted by Crippen LogP contribution is 2.42. The van der Waals surface area contributed by atoms with Crippen molar-refractivity contribution in [3.63, 3.8) is 0 Å². The molecule has 2 aliphatic rings. The maximum Gasteiger partial charge on any atom is 0.0121 e. The fourth-order valence-corrected chi connectivity index (χ4v) is 3.52. The zero-order valence-electron chi connectivity index (χ0n) is 8.34. The van der Waals surface area contributed by atoms with Gasteiger partial charge in [-0.3, -0.25) is 0 Å².